The molecule has 30 heavy (non-hydrogen) atoms. The number of alkyl halides is 1. The number of furan rings is 1. The third-order valence-corrected chi connectivity index (χ3v) is 5.35. The van der Waals surface area contributed by atoms with Gasteiger partial charge in [-0.05, 0) is 49.6 Å². The molecule has 0 N–H and O–H groups in total. The summed E-state index contributed by atoms with van der Waals surface area (Å²) in [4.78, 5) is 29.4. The Morgan fingerprint density at radius 2 is 1.77 bits per heavy atom. The van der Waals surface area contributed by atoms with Crippen LogP contribution in [0.1, 0.15) is 39.0 Å². The molecule has 2 amide bonds. The molecule has 0 saturated carbocycles. The molecule has 0 bridgehead atoms. The largest absolute Gasteiger partial charge is 0.467 e. The highest BCUT2D eigenvalue weighted by Gasteiger charge is 2.33. The molecule has 0 aliphatic heterocycles. The van der Waals surface area contributed by atoms with E-state index in [0.717, 1.165) is 5.56 Å². The van der Waals surface area contributed by atoms with Crippen LogP contribution in [0.4, 0.5) is 4.39 Å². The van der Waals surface area contributed by atoms with Gasteiger partial charge in [0.15, 0.2) is 0 Å². The summed E-state index contributed by atoms with van der Waals surface area (Å²) in [7, 11) is 0. The van der Waals surface area contributed by atoms with Crippen LogP contribution >= 0.6 is 11.6 Å². The van der Waals surface area contributed by atoms with E-state index < -0.39 is 5.41 Å². The minimum absolute atomic E-state index is 0.0563. The number of hydrogen-bond donors (Lipinski definition) is 0. The minimum Gasteiger partial charge on any atom is -0.467 e. The number of carbonyl (C=O) groups is 2. The van der Waals surface area contributed by atoms with E-state index in [1.807, 2.05) is 13.8 Å². The topological polar surface area (TPSA) is 53.8 Å². The van der Waals surface area contributed by atoms with Crippen LogP contribution < -0.4 is 0 Å². The van der Waals surface area contributed by atoms with Crippen LogP contribution in [0, 0.1) is 17.2 Å². The fourth-order valence-electron chi connectivity index (χ4n) is 3.04. The number of rotatable bonds is 10. The zero-order valence-corrected chi connectivity index (χ0v) is 18.8. The normalized spacial score (nSPS) is 11.6. The van der Waals surface area contributed by atoms with Gasteiger partial charge in [0.2, 0.25) is 11.8 Å². The Kier molecular flexibility index (Phi) is 8.47. The molecule has 1 heterocycles. The van der Waals surface area contributed by atoms with Gasteiger partial charge in [0.25, 0.3) is 0 Å². The lowest BCUT2D eigenvalue weighted by Gasteiger charge is -2.33. The van der Waals surface area contributed by atoms with E-state index in [1.54, 1.807) is 54.2 Å². The molecule has 0 saturated heterocycles. The van der Waals surface area contributed by atoms with Gasteiger partial charge in [0.1, 0.15) is 11.6 Å². The lowest BCUT2D eigenvalue weighted by atomic mass is 9.93. The Balaban J connectivity index is 2.22. The van der Waals surface area contributed by atoms with Gasteiger partial charge in [0, 0.05) is 19.0 Å². The highest BCUT2D eigenvalue weighted by molar-refractivity contribution is 6.19. The van der Waals surface area contributed by atoms with Crippen molar-refractivity contribution in [1.82, 2.24) is 9.80 Å². The lowest BCUT2D eigenvalue weighted by molar-refractivity contribution is -0.146. The lowest BCUT2D eigenvalue weighted by Crippen LogP contribution is -2.48. The molecule has 5 nitrogen and oxygen atoms in total. The number of hydrogen-bond acceptors (Lipinski definition) is 3. The van der Waals surface area contributed by atoms with Crippen LogP contribution in [-0.4, -0.2) is 40.6 Å². The number of amides is 2. The first-order valence-electron chi connectivity index (χ1n) is 10.0. The molecule has 0 spiro atoms. The summed E-state index contributed by atoms with van der Waals surface area (Å²) in [6.45, 7) is 8.48. The number of benzene rings is 1. The molecule has 0 atom stereocenters. The summed E-state index contributed by atoms with van der Waals surface area (Å²) < 4.78 is 18.7. The van der Waals surface area contributed by atoms with E-state index in [2.05, 4.69) is 0 Å². The van der Waals surface area contributed by atoms with Crippen LogP contribution in [-0.2, 0) is 22.7 Å². The van der Waals surface area contributed by atoms with Crippen molar-refractivity contribution in [1.29, 1.82) is 0 Å². The van der Waals surface area contributed by atoms with Crippen molar-refractivity contribution >= 4 is 23.4 Å². The standard InChI is InChI=1S/C23H30ClFN2O3/c1-17(2)12-27(22(29)23(3,4)16-24)15-21(28)26(14-20-6-5-11-30-20)13-18-7-9-19(25)10-8-18/h5-11,17H,12-16H2,1-4H3. The van der Waals surface area contributed by atoms with Crippen molar-refractivity contribution in [3.05, 3.63) is 59.8 Å². The monoisotopic (exact) mass is 436 g/mol. The molecule has 0 aliphatic rings. The Labute approximate surface area is 182 Å². The van der Waals surface area contributed by atoms with Gasteiger partial charge in [-0.1, -0.05) is 26.0 Å². The van der Waals surface area contributed by atoms with Crippen molar-refractivity contribution in [3.63, 3.8) is 0 Å². The van der Waals surface area contributed by atoms with Gasteiger partial charge >= 0.3 is 0 Å². The zero-order valence-electron chi connectivity index (χ0n) is 18.0. The highest BCUT2D eigenvalue weighted by atomic mass is 35.5. The molecule has 2 aromatic rings. The second kappa shape index (κ2) is 10.6. The molecule has 1 aromatic carbocycles. The Morgan fingerprint density at radius 1 is 1.10 bits per heavy atom. The molecule has 164 valence electrons. The van der Waals surface area contributed by atoms with Gasteiger partial charge < -0.3 is 14.2 Å². The van der Waals surface area contributed by atoms with E-state index in [0.29, 0.717) is 12.3 Å². The molecule has 0 radical (unpaired) electrons. The van der Waals surface area contributed by atoms with E-state index in [1.165, 1.54) is 12.1 Å². The molecule has 0 aliphatic carbocycles. The first-order chi connectivity index (χ1) is 14.1. The summed E-state index contributed by atoms with van der Waals surface area (Å²) >= 11 is 6.00. The van der Waals surface area contributed by atoms with Crippen molar-refractivity contribution in [3.8, 4) is 0 Å². The Morgan fingerprint density at radius 3 is 2.30 bits per heavy atom. The van der Waals surface area contributed by atoms with Crippen molar-refractivity contribution in [2.75, 3.05) is 19.0 Å². The summed E-state index contributed by atoms with van der Waals surface area (Å²) in [6.07, 6.45) is 1.55. The fraction of sp³-hybridized carbons (Fsp3) is 0.478. The Bertz CT molecular complexity index is 819. The maximum atomic E-state index is 13.3. The number of halogens is 2. The molecular weight excluding hydrogens is 407 g/mol. The summed E-state index contributed by atoms with van der Waals surface area (Å²) in [6, 6.07) is 9.56. The molecule has 1 aromatic heterocycles. The average molecular weight is 437 g/mol. The third kappa shape index (κ3) is 6.87. The van der Waals surface area contributed by atoms with Crippen LogP contribution in [0.25, 0.3) is 0 Å². The van der Waals surface area contributed by atoms with Crippen LogP contribution in [0.15, 0.2) is 47.1 Å². The van der Waals surface area contributed by atoms with Crippen LogP contribution in [0.5, 0.6) is 0 Å². The summed E-state index contributed by atoms with van der Waals surface area (Å²) in [5.74, 6) is 0.297. The average Bonchev–Trinajstić information content (AvgIpc) is 3.20. The van der Waals surface area contributed by atoms with Crippen molar-refractivity contribution in [2.24, 2.45) is 11.3 Å². The molecule has 0 unspecified atom stereocenters. The minimum atomic E-state index is -0.764. The van der Waals surface area contributed by atoms with Gasteiger partial charge in [-0.3, -0.25) is 9.59 Å². The van der Waals surface area contributed by atoms with Gasteiger partial charge in [-0.2, -0.15) is 0 Å². The van der Waals surface area contributed by atoms with E-state index in [4.69, 9.17) is 16.0 Å². The smallest absolute Gasteiger partial charge is 0.242 e. The summed E-state index contributed by atoms with van der Waals surface area (Å²) in [5.41, 5.74) is 0.0265. The highest BCUT2D eigenvalue weighted by Crippen LogP contribution is 2.22. The van der Waals surface area contributed by atoms with Crippen molar-refractivity contribution < 1.29 is 18.4 Å². The quantitative estimate of drug-likeness (QED) is 0.507. The van der Waals surface area contributed by atoms with E-state index in [-0.39, 0.29) is 49.1 Å². The zero-order chi connectivity index (χ0) is 22.3. The molecular formula is C23H30ClFN2O3. The predicted molar refractivity (Wildman–Crippen MR) is 115 cm³/mol. The van der Waals surface area contributed by atoms with Gasteiger partial charge in [-0.15, -0.1) is 11.6 Å². The Hall–Kier alpha value is -2.34. The second-order valence-electron chi connectivity index (χ2n) is 8.55. The maximum Gasteiger partial charge on any atom is 0.242 e. The first-order valence-corrected chi connectivity index (χ1v) is 10.6. The summed E-state index contributed by atoms with van der Waals surface area (Å²) in [5, 5.41) is 0. The maximum absolute atomic E-state index is 13.3. The SMILES string of the molecule is CC(C)CN(CC(=O)N(Cc1ccc(F)cc1)Cc1ccco1)C(=O)C(C)(C)CCl. The first kappa shape index (κ1) is 23.9. The fourth-order valence-corrected chi connectivity index (χ4v) is 3.16. The van der Waals surface area contributed by atoms with Crippen molar-refractivity contribution in [2.45, 2.75) is 40.8 Å². The number of nitrogens with zero attached hydrogens (tertiary/aromatic N) is 2. The molecule has 0 fully saturated rings. The van der Waals surface area contributed by atoms with Gasteiger partial charge in [0.05, 0.1) is 24.8 Å². The predicted octanol–water partition coefficient (Wildman–Crippen LogP) is 4.70. The molecule has 7 heteroatoms. The van der Waals surface area contributed by atoms with E-state index in [9.17, 15) is 14.0 Å². The third-order valence-electron chi connectivity index (χ3n) is 4.68. The molecule has 2 rings (SSSR count). The van der Waals surface area contributed by atoms with E-state index >= 15 is 0 Å². The second-order valence-corrected chi connectivity index (χ2v) is 8.82. The number of carbonyl (C=O) groups excluding carboxylic acids is 2. The van der Waals surface area contributed by atoms with Crippen LogP contribution in [0.3, 0.4) is 0 Å². The van der Waals surface area contributed by atoms with Crippen LogP contribution in [0.2, 0.25) is 0 Å². The van der Waals surface area contributed by atoms with Gasteiger partial charge in [-0.25, -0.2) is 4.39 Å².